The lowest BCUT2D eigenvalue weighted by molar-refractivity contribution is 0.0465. The minimum Gasteiger partial charge on any atom is -0.456 e. The summed E-state index contributed by atoms with van der Waals surface area (Å²) in [6.07, 6.45) is 1.40. The molecule has 6 nitrogen and oxygen atoms in total. The van der Waals surface area contributed by atoms with Gasteiger partial charge in [-0.05, 0) is 29.8 Å². The van der Waals surface area contributed by atoms with Gasteiger partial charge in [-0.25, -0.2) is 9.78 Å². The molecule has 0 unspecified atom stereocenters. The molecule has 0 radical (unpaired) electrons. The SMILES string of the molecule is O=C(OCc1cc(Cl)c2c(c1)OCO2)c1cnc2ccccc2n1. The molecule has 0 aliphatic carbocycles. The van der Waals surface area contributed by atoms with E-state index >= 15 is 0 Å². The number of ether oxygens (including phenoxy) is 3. The van der Waals surface area contributed by atoms with Gasteiger partial charge in [0.2, 0.25) is 6.79 Å². The van der Waals surface area contributed by atoms with Gasteiger partial charge in [-0.1, -0.05) is 23.7 Å². The molecule has 1 aliphatic rings. The van der Waals surface area contributed by atoms with Crippen molar-refractivity contribution in [3.05, 3.63) is 58.9 Å². The van der Waals surface area contributed by atoms with Crippen LogP contribution in [0.5, 0.6) is 11.5 Å². The van der Waals surface area contributed by atoms with E-state index in [0.717, 1.165) is 5.52 Å². The van der Waals surface area contributed by atoms with E-state index in [9.17, 15) is 4.79 Å². The molecule has 0 bridgehead atoms. The van der Waals surface area contributed by atoms with Gasteiger partial charge in [0, 0.05) is 0 Å². The lowest BCUT2D eigenvalue weighted by Crippen LogP contribution is -2.08. The zero-order valence-corrected chi connectivity index (χ0v) is 13.1. The number of esters is 1. The van der Waals surface area contributed by atoms with E-state index in [1.54, 1.807) is 18.2 Å². The average molecular weight is 343 g/mol. The molecule has 7 heteroatoms. The fourth-order valence-electron chi connectivity index (χ4n) is 2.38. The highest BCUT2D eigenvalue weighted by Gasteiger charge is 2.19. The van der Waals surface area contributed by atoms with Crippen LogP contribution in [-0.4, -0.2) is 22.7 Å². The molecule has 1 aromatic heterocycles. The van der Waals surface area contributed by atoms with Crippen molar-refractivity contribution in [3.63, 3.8) is 0 Å². The Morgan fingerprint density at radius 2 is 2.04 bits per heavy atom. The van der Waals surface area contributed by atoms with Crippen molar-refractivity contribution in [2.24, 2.45) is 0 Å². The highest BCUT2D eigenvalue weighted by Crippen LogP contribution is 2.39. The van der Waals surface area contributed by atoms with Gasteiger partial charge in [-0.3, -0.25) is 4.98 Å². The van der Waals surface area contributed by atoms with E-state index in [4.69, 9.17) is 25.8 Å². The summed E-state index contributed by atoms with van der Waals surface area (Å²) in [6, 6.07) is 10.7. The molecule has 24 heavy (non-hydrogen) atoms. The third-order valence-electron chi connectivity index (χ3n) is 3.51. The van der Waals surface area contributed by atoms with Crippen LogP contribution in [0.3, 0.4) is 0 Å². The van der Waals surface area contributed by atoms with E-state index in [2.05, 4.69) is 9.97 Å². The summed E-state index contributed by atoms with van der Waals surface area (Å²) in [5.41, 5.74) is 2.21. The van der Waals surface area contributed by atoms with E-state index in [0.29, 0.717) is 27.6 Å². The van der Waals surface area contributed by atoms with Crippen LogP contribution < -0.4 is 9.47 Å². The molecule has 4 rings (SSSR count). The summed E-state index contributed by atoms with van der Waals surface area (Å²) in [4.78, 5) is 20.6. The summed E-state index contributed by atoms with van der Waals surface area (Å²) in [7, 11) is 0. The Bertz CT molecular complexity index is 945. The van der Waals surface area contributed by atoms with Crippen LogP contribution in [0.2, 0.25) is 5.02 Å². The zero-order valence-electron chi connectivity index (χ0n) is 12.4. The van der Waals surface area contributed by atoms with Gasteiger partial charge in [0.25, 0.3) is 0 Å². The van der Waals surface area contributed by atoms with E-state index in [1.807, 2.05) is 18.2 Å². The molecular weight excluding hydrogens is 332 g/mol. The molecule has 0 fully saturated rings. The van der Waals surface area contributed by atoms with Crippen LogP contribution in [0.1, 0.15) is 16.1 Å². The molecule has 0 saturated carbocycles. The molecule has 2 heterocycles. The van der Waals surface area contributed by atoms with Crippen molar-refractivity contribution in [1.82, 2.24) is 9.97 Å². The number of hydrogen-bond acceptors (Lipinski definition) is 6. The third kappa shape index (κ3) is 2.72. The van der Waals surface area contributed by atoms with Crippen LogP contribution in [0.15, 0.2) is 42.6 Å². The van der Waals surface area contributed by atoms with Gasteiger partial charge >= 0.3 is 5.97 Å². The summed E-state index contributed by atoms with van der Waals surface area (Å²) in [5.74, 6) is 0.494. The Morgan fingerprint density at radius 3 is 2.92 bits per heavy atom. The Labute approximate surface area is 142 Å². The van der Waals surface area contributed by atoms with Crippen LogP contribution >= 0.6 is 11.6 Å². The van der Waals surface area contributed by atoms with Gasteiger partial charge in [0.1, 0.15) is 6.61 Å². The topological polar surface area (TPSA) is 70.5 Å². The van der Waals surface area contributed by atoms with E-state index in [1.165, 1.54) is 6.20 Å². The molecule has 0 saturated heterocycles. The van der Waals surface area contributed by atoms with Crippen LogP contribution in [-0.2, 0) is 11.3 Å². The number of carbonyl (C=O) groups is 1. The van der Waals surface area contributed by atoms with Crippen molar-refractivity contribution >= 4 is 28.6 Å². The molecule has 3 aromatic rings. The van der Waals surface area contributed by atoms with Gasteiger partial charge in [0.05, 0.1) is 22.3 Å². The minimum atomic E-state index is -0.554. The number of fused-ring (bicyclic) bond motifs is 2. The Kier molecular flexibility index (Phi) is 3.66. The molecule has 0 spiro atoms. The van der Waals surface area contributed by atoms with Crippen LogP contribution in [0, 0.1) is 0 Å². The molecular formula is C17H11ClN2O4. The molecule has 1 aliphatic heterocycles. The number of aromatic nitrogens is 2. The predicted molar refractivity (Wildman–Crippen MR) is 86.2 cm³/mol. The average Bonchev–Trinajstić information content (AvgIpc) is 3.08. The molecule has 0 amide bonds. The fraction of sp³-hybridized carbons (Fsp3) is 0.118. The first kappa shape index (κ1) is 14.7. The number of benzene rings is 2. The number of carbonyl (C=O) groups excluding carboxylic acids is 1. The second kappa shape index (κ2) is 5.98. The summed E-state index contributed by atoms with van der Waals surface area (Å²) in [6.45, 7) is 0.175. The minimum absolute atomic E-state index is 0.0453. The zero-order chi connectivity index (χ0) is 16.5. The summed E-state index contributed by atoms with van der Waals surface area (Å²) < 4.78 is 15.8. The first-order chi connectivity index (χ1) is 11.7. The van der Waals surface area contributed by atoms with E-state index in [-0.39, 0.29) is 19.1 Å². The number of para-hydroxylation sites is 2. The largest absolute Gasteiger partial charge is 0.456 e. The van der Waals surface area contributed by atoms with Crippen molar-refractivity contribution < 1.29 is 19.0 Å². The molecule has 0 atom stereocenters. The van der Waals surface area contributed by atoms with E-state index < -0.39 is 5.97 Å². The summed E-state index contributed by atoms with van der Waals surface area (Å²) in [5, 5.41) is 0.418. The van der Waals surface area contributed by atoms with Gasteiger partial charge < -0.3 is 14.2 Å². The normalized spacial score (nSPS) is 12.4. The first-order valence-electron chi connectivity index (χ1n) is 7.17. The standard InChI is InChI=1S/C17H11ClN2O4/c18-11-5-10(6-15-16(11)24-9-23-15)8-22-17(21)14-7-19-12-3-1-2-4-13(12)20-14/h1-7H,8-9H2. The van der Waals surface area contributed by atoms with Crippen molar-refractivity contribution in [3.8, 4) is 11.5 Å². The predicted octanol–water partition coefficient (Wildman–Crippen LogP) is 3.37. The highest BCUT2D eigenvalue weighted by atomic mass is 35.5. The number of nitrogens with zero attached hydrogens (tertiary/aromatic N) is 2. The number of hydrogen-bond donors (Lipinski definition) is 0. The Hall–Kier alpha value is -2.86. The maximum atomic E-state index is 12.2. The van der Waals surface area contributed by atoms with Gasteiger partial charge in [-0.15, -0.1) is 0 Å². The smallest absolute Gasteiger partial charge is 0.358 e. The lowest BCUT2D eigenvalue weighted by atomic mass is 10.2. The summed E-state index contributed by atoms with van der Waals surface area (Å²) >= 11 is 6.10. The maximum Gasteiger partial charge on any atom is 0.358 e. The van der Waals surface area contributed by atoms with Crippen molar-refractivity contribution in [2.75, 3.05) is 6.79 Å². The highest BCUT2D eigenvalue weighted by molar-refractivity contribution is 6.32. The Morgan fingerprint density at radius 1 is 1.21 bits per heavy atom. The third-order valence-corrected chi connectivity index (χ3v) is 3.80. The second-order valence-corrected chi connectivity index (χ2v) is 5.54. The van der Waals surface area contributed by atoms with Crippen LogP contribution in [0.4, 0.5) is 0 Å². The van der Waals surface area contributed by atoms with Gasteiger partial charge in [0.15, 0.2) is 17.2 Å². The van der Waals surface area contributed by atoms with Crippen LogP contribution in [0.25, 0.3) is 11.0 Å². The monoisotopic (exact) mass is 342 g/mol. The van der Waals surface area contributed by atoms with Crippen molar-refractivity contribution in [2.45, 2.75) is 6.61 Å². The number of halogens is 1. The molecule has 0 N–H and O–H groups in total. The molecule has 120 valence electrons. The quantitative estimate of drug-likeness (QED) is 0.680. The molecule has 2 aromatic carbocycles. The lowest BCUT2D eigenvalue weighted by Gasteiger charge is -2.07. The first-order valence-corrected chi connectivity index (χ1v) is 7.55. The van der Waals surface area contributed by atoms with Crippen molar-refractivity contribution in [1.29, 1.82) is 0 Å². The second-order valence-electron chi connectivity index (χ2n) is 5.13. The van der Waals surface area contributed by atoms with Gasteiger partial charge in [-0.2, -0.15) is 0 Å². The maximum absolute atomic E-state index is 12.2. The number of rotatable bonds is 3. The Balaban J connectivity index is 1.51. The fourth-order valence-corrected chi connectivity index (χ4v) is 2.67.